The van der Waals surface area contributed by atoms with Crippen LogP contribution < -0.4 is 0 Å². The van der Waals surface area contributed by atoms with Gasteiger partial charge >= 0.3 is 14.8 Å². The Morgan fingerprint density at radius 1 is 1.00 bits per heavy atom. The maximum absolute atomic E-state index is 11.3. The summed E-state index contributed by atoms with van der Waals surface area (Å²) in [7, 11) is -4.23. The molecule has 0 aromatic carbocycles. The fraction of sp³-hybridized carbons (Fsp3) is 0.500. The summed E-state index contributed by atoms with van der Waals surface area (Å²) < 4.78 is 19.9. The number of rotatable bonds is 7. The van der Waals surface area contributed by atoms with Gasteiger partial charge in [-0.1, -0.05) is 13.5 Å². The molecule has 0 N–H and O–H groups in total. The van der Waals surface area contributed by atoms with E-state index in [1.807, 2.05) is 0 Å². The Hall–Kier alpha value is -2.16. The van der Waals surface area contributed by atoms with Crippen LogP contribution in [0, 0.1) is 0 Å². The van der Waals surface area contributed by atoms with Crippen molar-refractivity contribution in [2.75, 3.05) is 0 Å². The van der Waals surface area contributed by atoms with Crippen molar-refractivity contribution in [2.45, 2.75) is 39.8 Å². The minimum absolute atomic E-state index is 0.0969. The molecule has 0 rings (SSSR count). The first-order valence-corrected chi connectivity index (χ1v) is 7.88. The van der Waals surface area contributed by atoms with Crippen molar-refractivity contribution >= 4 is 32.7 Å². The summed E-state index contributed by atoms with van der Waals surface area (Å²) in [5.74, 6) is -3.34. The lowest BCUT2D eigenvalue weighted by molar-refractivity contribution is -0.157. The molecule has 8 nitrogen and oxygen atoms in total. The zero-order valence-corrected chi connectivity index (χ0v) is 13.3. The molecule has 0 aromatic rings. The standard InChI is InChI=1S/C12H18O8Si/c1-6-11(16)17-12(7-2)21(18-8(3)13,19-9(4)14)20-10(5)15/h6,12H,1,7H2,2-5H3. The summed E-state index contributed by atoms with van der Waals surface area (Å²) in [4.78, 5) is 45.1. The van der Waals surface area contributed by atoms with Gasteiger partial charge in [0.2, 0.25) is 5.73 Å². The van der Waals surface area contributed by atoms with Crippen molar-refractivity contribution in [3.63, 3.8) is 0 Å². The minimum Gasteiger partial charge on any atom is -0.453 e. The zero-order chi connectivity index (χ0) is 16.6. The molecule has 0 aliphatic heterocycles. The second kappa shape index (κ2) is 8.20. The van der Waals surface area contributed by atoms with E-state index < -0.39 is 38.4 Å². The van der Waals surface area contributed by atoms with Crippen LogP contribution in [0.4, 0.5) is 0 Å². The van der Waals surface area contributed by atoms with Crippen molar-refractivity contribution in [1.82, 2.24) is 0 Å². The third-order valence-corrected chi connectivity index (χ3v) is 5.08. The van der Waals surface area contributed by atoms with E-state index in [1.165, 1.54) is 0 Å². The van der Waals surface area contributed by atoms with Crippen molar-refractivity contribution in [3.8, 4) is 0 Å². The van der Waals surface area contributed by atoms with Crippen LogP contribution in [0.1, 0.15) is 34.1 Å². The number of hydrogen-bond donors (Lipinski definition) is 0. The predicted molar refractivity (Wildman–Crippen MR) is 71.4 cm³/mol. The second-order valence-electron chi connectivity index (χ2n) is 3.92. The van der Waals surface area contributed by atoms with E-state index in [0.717, 1.165) is 26.8 Å². The largest absolute Gasteiger partial charge is 0.748 e. The van der Waals surface area contributed by atoms with Crippen molar-refractivity contribution in [2.24, 2.45) is 0 Å². The molecule has 0 bridgehead atoms. The summed E-state index contributed by atoms with van der Waals surface area (Å²) in [6.07, 6.45) is 0.983. The Labute approximate surface area is 123 Å². The first-order valence-electron chi connectivity index (χ1n) is 6.08. The molecule has 0 aromatic heterocycles. The van der Waals surface area contributed by atoms with E-state index in [2.05, 4.69) is 6.58 Å². The van der Waals surface area contributed by atoms with Crippen LogP contribution in [-0.2, 0) is 37.2 Å². The van der Waals surface area contributed by atoms with Gasteiger partial charge in [0.15, 0.2) is 0 Å². The highest BCUT2D eigenvalue weighted by Crippen LogP contribution is 2.22. The first-order chi connectivity index (χ1) is 9.66. The summed E-state index contributed by atoms with van der Waals surface area (Å²) in [5.41, 5.74) is -1.21. The third-order valence-electron chi connectivity index (χ3n) is 2.05. The van der Waals surface area contributed by atoms with Crippen LogP contribution in [-0.4, -0.2) is 38.4 Å². The van der Waals surface area contributed by atoms with Crippen LogP contribution >= 0.6 is 0 Å². The van der Waals surface area contributed by atoms with Gasteiger partial charge in [0.1, 0.15) is 0 Å². The molecule has 0 spiro atoms. The number of esters is 1. The Bertz CT molecular complexity index is 404. The number of ether oxygens (including phenoxy) is 1. The fourth-order valence-electron chi connectivity index (χ4n) is 1.45. The van der Waals surface area contributed by atoms with Gasteiger partial charge in [-0.3, -0.25) is 14.4 Å². The molecule has 0 aliphatic rings. The molecule has 118 valence electrons. The Morgan fingerprint density at radius 2 is 1.38 bits per heavy atom. The molecule has 0 saturated heterocycles. The van der Waals surface area contributed by atoms with Crippen molar-refractivity contribution in [3.05, 3.63) is 12.7 Å². The lowest BCUT2D eigenvalue weighted by Gasteiger charge is -2.31. The van der Waals surface area contributed by atoms with Gasteiger partial charge in [-0.25, -0.2) is 4.79 Å². The highest BCUT2D eigenvalue weighted by Gasteiger charge is 2.61. The zero-order valence-electron chi connectivity index (χ0n) is 12.3. The van der Waals surface area contributed by atoms with E-state index in [1.54, 1.807) is 6.92 Å². The number of carbonyl (C=O) groups is 4. The van der Waals surface area contributed by atoms with Crippen molar-refractivity contribution in [1.29, 1.82) is 0 Å². The van der Waals surface area contributed by atoms with Gasteiger partial charge in [-0.2, -0.15) is 0 Å². The Morgan fingerprint density at radius 3 is 1.62 bits per heavy atom. The lowest BCUT2D eigenvalue weighted by atomic mass is 10.5. The summed E-state index contributed by atoms with van der Waals surface area (Å²) in [6, 6.07) is 0. The highest BCUT2D eigenvalue weighted by molar-refractivity contribution is 6.67. The normalized spacial score (nSPS) is 11.8. The third kappa shape index (κ3) is 6.21. The van der Waals surface area contributed by atoms with Gasteiger partial charge < -0.3 is 18.0 Å². The topological polar surface area (TPSA) is 105 Å². The molecular weight excluding hydrogens is 300 g/mol. The fourth-order valence-corrected chi connectivity index (χ4v) is 3.94. The molecule has 21 heavy (non-hydrogen) atoms. The summed E-state index contributed by atoms with van der Waals surface area (Å²) >= 11 is 0. The van der Waals surface area contributed by atoms with Crippen LogP contribution in [0.15, 0.2) is 12.7 Å². The van der Waals surface area contributed by atoms with E-state index in [9.17, 15) is 19.2 Å². The summed E-state index contributed by atoms with van der Waals surface area (Å²) in [6.45, 7) is 7.97. The Kier molecular flexibility index (Phi) is 7.35. The number of hydrogen-bond acceptors (Lipinski definition) is 8. The quantitative estimate of drug-likeness (QED) is 0.383. The predicted octanol–water partition coefficient (Wildman–Crippen LogP) is 0.662. The van der Waals surface area contributed by atoms with E-state index in [-0.39, 0.29) is 6.42 Å². The molecule has 9 heteroatoms. The minimum atomic E-state index is -4.23. The maximum Gasteiger partial charge on any atom is 0.748 e. The van der Waals surface area contributed by atoms with Crippen molar-refractivity contribution < 1.29 is 37.2 Å². The second-order valence-corrected chi connectivity index (χ2v) is 6.39. The molecule has 0 aliphatic carbocycles. The average Bonchev–Trinajstić information content (AvgIpc) is 2.32. The Balaban J connectivity index is 5.69. The molecular formula is C12H18O8Si. The first kappa shape index (κ1) is 18.8. The molecule has 0 heterocycles. The molecule has 1 unspecified atom stereocenters. The molecule has 0 radical (unpaired) electrons. The van der Waals surface area contributed by atoms with E-state index >= 15 is 0 Å². The monoisotopic (exact) mass is 318 g/mol. The maximum atomic E-state index is 11.3. The SMILES string of the molecule is C=CC(=O)OC(CC)[Si](OC(C)=O)(OC(C)=O)OC(C)=O. The smallest absolute Gasteiger partial charge is 0.453 e. The van der Waals surface area contributed by atoms with Crippen LogP contribution in [0.5, 0.6) is 0 Å². The van der Waals surface area contributed by atoms with Gasteiger partial charge in [0.05, 0.1) is 0 Å². The molecule has 0 saturated carbocycles. The van der Waals surface area contributed by atoms with E-state index in [4.69, 9.17) is 18.0 Å². The average molecular weight is 318 g/mol. The van der Waals surface area contributed by atoms with Crippen LogP contribution in [0.2, 0.25) is 0 Å². The van der Waals surface area contributed by atoms with Gasteiger partial charge in [0.25, 0.3) is 17.9 Å². The van der Waals surface area contributed by atoms with E-state index in [0.29, 0.717) is 0 Å². The van der Waals surface area contributed by atoms with Gasteiger partial charge in [0, 0.05) is 26.8 Å². The molecule has 0 fully saturated rings. The van der Waals surface area contributed by atoms with Gasteiger partial charge in [-0.05, 0) is 6.42 Å². The molecule has 0 amide bonds. The van der Waals surface area contributed by atoms with Gasteiger partial charge in [-0.15, -0.1) is 0 Å². The molecule has 1 atom stereocenters. The number of carbonyl (C=O) groups excluding carboxylic acids is 4. The lowest BCUT2D eigenvalue weighted by Crippen LogP contribution is -2.60. The van der Waals surface area contributed by atoms with Crippen LogP contribution in [0.25, 0.3) is 0 Å². The van der Waals surface area contributed by atoms with Crippen LogP contribution in [0.3, 0.4) is 0 Å². The summed E-state index contributed by atoms with van der Waals surface area (Å²) in [5, 5.41) is 0. The highest BCUT2D eigenvalue weighted by atomic mass is 28.4.